The van der Waals surface area contributed by atoms with Crippen molar-refractivity contribution in [3.8, 4) is 0 Å². The molecule has 1 N–H and O–H groups in total. The number of hydrogen-bond acceptors (Lipinski definition) is 2. The lowest BCUT2D eigenvalue weighted by Crippen LogP contribution is -2.40. The molecule has 2 rings (SSSR count). The molecular weight excluding hydrogens is 198 g/mol. The van der Waals surface area contributed by atoms with Crippen molar-refractivity contribution in [2.24, 2.45) is 0 Å². The van der Waals surface area contributed by atoms with Crippen LogP contribution in [0.3, 0.4) is 0 Å². The second kappa shape index (κ2) is 5.46. The van der Waals surface area contributed by atoms with E-state index in [0.717, 1.165) is 18.7 Å². The maximum atomic E-state index is 10.3. The Morgan fingerprint density at radius 3 is 2.31 bits per heavy atom. The molecule has 1 aromatic carbocycles. The van der Waals surface area contributed by atoms with Crippen molar-refractivity contribution in [2.75, 3.05) is 13.1 Å². The molecule has 1 aliphatic rings. The quantitative estimate of drug-likeness (QED) is 0.844. The van der Waals surface area contributed by atoms with Gasteiger partial charge in [0.05, 0.1) is 6.10 Å². The minimum Gasteiger partial charge on any atom is -0.387 e. The third kappa shape index (κ3) is 2.63. The fraction of sp³-hybridized carbons (Fsp3) is 0.571. The number of aliphatic hydroxyl groups excluding tert-OH is 1. The molecule has 2 heteroatoms. The largest absolute Gasteiger partial charge is 0.387 e. The van der Waals surface area contributed by atoms with Crippen molar-refractivity contribution < 1.29 is 5.11 Å². The summed E-state index contributed by atoms with van der Waals surface area (Å²) < 4.78 is 0. The van der Waals surface area contributed by atoms with E-state index in [9.17, 15) is 5.11 Å². The molecule has 2 nitrogen and oxygen atoms in total. The molecule has 0 radical (unpaired) electrons. The van der Waals surface area contributed by atoms with Crippen LogP contribution in [-0.2, 0) is 0 Å². The zero-order chi connectivity index (χ0) is 11.4. The van der Waals surface area contributed by atoms with Gasteiger partial charge in [-0.05, 0) is 38.4 Å². The van der Waals surface area contributed by atoms with Gasteiger partial charge in [0.2, 0.25) is 0 Å². The van der Waals surface area contributed by atoms with E-state index in [0.29, 0.717) is 0 Å². The van der Waals surface area contributed by atoms with Crippen LogP contribution in [0.5, 0.6) is 0 Å². The van der Waals surface area contributed by atoms with Crippen LogP contribution in [0.4, 0.5) is 0 Å². The average molecular weight is 219 g/mol. The lowest BCUT2D eigenvalue weighted by Gasteiger charge is -2.35. The highest BCUT2D eigenvalue weighted by molar-refractivity contribution is 5.18. The first kappa shape index (κ1) is 11.6. The Hall–Kier alpha value is -0.860. The highest BCUT2D eigenvalue weighted by Gasteiger charge is 2.23. The zero-order valence-corrected chi connectivity index (χ0v) is 9.97. The van der Waals surface area contributed by atoms with Gasteiger partial charge in [-0.3, -0.25) is 4.90 Å². The van der Waals surface area contributed by atoms with E-state index in [1.807, 2.05) is 30.3 Å². The monoisotopic (exact) mass is 219 g/mol. The fourth-order valence-corrected chi connectivity index (χ4v) is 2.45. The maximum absolute atomic E-state index is 10.3. The van der Waals surface area contributed by atoms with E-state index in [2.05, 4.69) is 11.8 Å². The molecule has 0 amide bonds. The van der Waals surface area contributed by atoms with Crippen LogP contribution in [0.25, 0.3) is 0 Å². The van der Waals surface area contributed by atoms with Crippen LogP contribution >= 0.6 is 0 Å². The fourth-order valence-electron chi connectivity index (χ4n) is 2.45. The van der Waals surface area contributed by atoms with E-state index in [4.69, 9.17) is 0 Å². The molecule has 1 heterocycles. The summed E-state index contributed by atoms with van der Waals surface area (Å²) in [6.07, 6.45) is 3.52. The van der Waals surface area contributed by atoms with E-state index in [-0.39, 0.29) is 12.1 Å². The summed E-state index contributed by atoms with van der Waals surface area (Å²) in [6.45, 7) is 4.39. The summed E-state index contributed by atoms with van der Waals surface area (Å²) in [7, 11) is 0. The van der Waals surface area contributed by atoms with Gasteiger partial charge in [0.25, 0.3) is 0 Å². The van der Waals surface area contributed by atoms with Gasteiger partial charge in [-0.1, -0.05) is 36.8 Å². The van der Waals surface area contributed by atoms with Gasteiger partial charge in [-0.15, -0.1) is 0 Å². The Morgan fingerprint density at radius 1 is 1.06 bits per heavy atom. The van der Waals surface area contributed by atoms with E-state index in [1.165, 1.54) is 19.3 Å². The number of nitrogens with zero attached hydrogens (tertiary/aromatic N) is 1. The highest BCUT2D eigenvalue weighted by atomic mass is 16.3. The lowest BCUT2D eigenvalue weighted by atomic mass is 10.00. The normalized spacial score (nSPS) is 21.6. The molecule has 2 atom stereocenters. The van der Waals surface area contributed by atoms with Crippen LogP contribution in [-0.4, -0.2) is 29.1 Å². The minimum atomic E-state index is -0.362. The Balaban J connectivity index is 2.00. The van der Waals surface area contributed by atoms with Crippen LogP contribution in [0, 0.1) is 0 Å². The number of aliphatic hydroxyl groups is 1. The van der Waals surface area contributed by atoms with E-state index < -0.39 is 0 Å². The van der Waals surface area contributed by atoms with Crippen molar-refractivity contribution in [2.45, 2.75) is 38.3 Å². The molecule has 0 saturated carbocycles. The molecule has 0 spiro atoms. The van der Waals surface area contributed by atoms with Crippen LogP contribution < -0.4 is 0 Å². The summed E-state index contributed by atoms with van der Waals surface area (Å²) in [4.78, 5) is 2.40. The lowest BCUT2D eigenvalue weighted by molar-refractivity contribution is 0.0471. The van der Waals surface area contributed by atoms with Gasteiger partial charge in [0.15, 0.2) is 0 Å². The summed E-state index contributed by atoms with van der Waals surface area (Å²) in [5.41, 5.74) is 1.03. The maximum Gasteiger partial charge on any atom is 0.0942 e. The van der Waals surface area contributed by atoms with Crippen molar-refractivity contribution in [1.82, 2.24) is 4.90 Å². The Morgan fingerprint density at radius 2 is 1.69 bits per heavy atom. The summed E-state index contributed by atoms with van der Waals surface area (Å²) >= 11 is 0. The van der Waals surface area contributed by atoms with Crippen molar-refractivity contribution in [3.63, 3.8) is 0 Å². The second-order valence-corrected chi connectivity index (χ2v) is 4.69. The van der Waals surface area contributed by atoms with Gasteiger partial charge >= 0.3 is 0 Å². The number of piperidine rings is 1. The highest BCUT2D eigenvalue weighted by Crippen LogP contribution is 2.23. The molecular formula is C14H21NO. The van der Waals surface area contributed by atoms with Gasteiger partial charge in [0.1, 0.15) is 0 Å². The summed E-state index contributed by atoms with van der Waals surface area (Å²) in [5, 5.41) is 10.3. The summed E-state index contributed by atoms with van der Waals surface area (Å²) in [6, 6.07) is 10.2. The molecule has 0 aliphatic carbocycles. The molecule has 1 saturated heterocycles. The predicted octanol–water partition coefficient (Wildman–Crippen LogP) is 2.59. The molecule has 1 aliphatic heterocycles. The topological polar surface area (TPSA) is 23.5 Å². The van der Waals surface area contributed by atoms with Crippen molar-refractivity contribution in [3.05, 3.63) is 35.9 Å². The number of rotatable bonds is 3. The van der Waals surface area contributed by atoms with Crippen molar-refractivity contribution in [1.29, 1.82) is 0 Å². The van der Waals surface area contributed by atoms with E-state index in [1.54, 1.807) is 0 Å². The average Bonchev–Trinajstić information content (AvgIpc) is 2.39. The number of hydrogen-bond donors (Lipinski definition) is 1. The van der Waals surface area contributed by atoms with Gasteiger partial charge in [-0.2, -0.15) is 0 Å². The minimum absolute atomic E-state index is 0.225. The van der Waals surface area contributed by atoms with Gasteiger partial charge < -0.3 is 5.11 Å². The Kier molecular flexibility index (Phi) is 3.97. The molecule has 16 heavy (non-hydrogen) atoms. The first-order valence-electron chi connectivity index (χ1n) is 6.26. The Labute approximate surface area is 97.9 Å². The number of benzene rings is 1. The third-order valence-electron chi connectivity index (χ3n) is 3.56. The third-order valence-corrected chi connectivity index (χ3v) is 3.56. The van der Waals surface area contributed by atoms with Crippen LogP contribution in [0.2, 0.25) is 0 Å². The first-order valence-corrected chi connectivity index (χ1v) is 6.26. The van der Waals surface area contributed by atoms with E-state index >= 15 is 0 Å². The standard InChI is InChI=1S/C14H21NO/c1-12(15-10-6-3-7-11-15)14(16)13-8-4-2-5-9-13/h2,4-5,8-9,12,14,16H,3,6-7,10-11H2,1H3/t12-,14-/m1/s1. The molecule has 1 fully saturated rings. The summed E-state index contributed by atoms with van der Waals surface area (Å²) in [5.74, 6) is 0. The Bertz CT molecular complexity index is 306. The smallest absolute Gasteiger partial charge is 0.0942 e. The molecule has 0 bridgehead atoms. The zero-order valence-electron chi connectivity index (χ0n) is 9.97. The van der Waals surface area contributed by atoms with Crippen molar-refractivity contribution >= 4 is 0 Å². The second-order valence-electron chi connectivity index (χ2n) is 4.69. The van der Waals surface area contributed by atoms with Gasteiger partial charge in [-0.25, -0.2) is 0 Å². The molecule has 88 valence electrons. The van der Waals surface area contributed by atoms with Gasteiger partial charge in [0, 0.05) is 6.04 Å². The predicted molar refractivity (Wildman–Crippen MR) is 66.3 cm³/mol. The van der Waals surface area contributed by atoms with Crippen LogP contribution in [0.15, 0.2) is 30.3 Å². The first-order chi connectivity index (χ1) is 7.79. The number of likely N-dealkylation sites (tertiary alicyclic amines) is 1. The molecule has 1 aromatic rings. The molecule has 0 aromatic heterocycles. The van der Waals surface area contributed by atoms with Crippen LogP contribution in [0.1, 0.15) is 37.9 Å². The SMILES string of the molecule is C[C@H]([C@@H](O)c1ccccc1)N1CCCCC1. The molecule has 0 unspecified atom stereocenters.